The van der Waals surface area contributed by atoms with Gasteiger partial charge in [0.05, 0.1) is 0 Å². The lowest BCUT2D eigenvalue weighted by molar-refractivity contribution is 0.102. The summed E-state index contributed by atoms with van der Waals surface area (Å²) in [6.45, 7) is 0. The lowest BCUT2D eigenvalue weighted by Gasteiger charge is -2.08. The van der Waals surface area contributed by atoms with Crippen LogP contribution in [0.2, 0.25) is 0 Å². The zero-order chi connectivity index (χ0) is 16.4. The molecule has 3 aromatic rings. The van der Waals surface area contributed by atoms with E-state index in [0.717, 1.165) is 16.3 Å². The van der Waals surface area contributed by atoms with Crippen LogP contribution in [0.5, 0.6) is 0 Å². The summed E-state index contributed by atoms with van der Waals surface area (Å²) in [5.41, 5.74) is 2.12. The highest BCUT2D eigenvalue weighted by Crippen LogP contribution is 2.26. The molecule has 1 heterocycles. The Kier molecular flexibility index (Phi) is 3.55. The maximum atomic E-state index is 12.5. The third-order valence-electron chi connectivity index (χ3n) is 3.82. The minimum atomic E-state index is -0.428. The van der Waals surface area contributed by atoms with E-state index in [1.54, 1.807) is 0 Å². The fraction of sp³-hybridized carbons (Fsp3) is 0.0556. The summed E-state index contributed by atoms with van der Waals surface area (Å²) in [6.07, 6.45) is -0.428. The third-order valence-corrected chi connectivity index (χ3v) is 3.82. The Hall–Kier alpha value is -3.41. The molecule has 3 aromatic carbocycles. The van der Waals surface area contributed by atoms with Gasteiger partial charge in [-0.3, -0.25) is 4.79 Å². The predicted molar refractivity (Wildman–Crippen MR) is 90.8 cm³/mol. The monoisotopic (exact) mass is 315 g/mol. The summed E-state index contributed by atoms with van der Waals surface area (Å²) in [4.78, 5) is 12.5. The molecule has 1 aliphatic rings. The maximum absolute atomic E-state index is 12.5. The van der Waals surface area contributed by atoms with Gasteiger partial charge >= 0.3 is 0 Å². The van der Waals surface area contributed by atoms with Gasteiger partial charge in [0.25, 0.3) is 5.91 Å². The van der Waals surface area contributed by atoms with Crippen molar-refractivity contribution < 1.29 is 4.79 Å². The lowest BCUT2D eigenvalue weighted by Crippen LogP contribution is -2.12. The summed E-state index contributed by atoms with van der Waals surface area (Å²) in [5.74, 6) is -0.160. The fourth-order valence-electron chi connectivity index (χ4n) is 2.61. The second kappa shape index (κ2) is 6.00. The number of anilines is 1. The van der Waals surface area contributed by atoms with Gasteiger partial charge in [-0.25, -0.2) is 0 Å². The Morgan fingerprint density at radius 2 is 1.62 bits per heavy atom. The van der Waals surface area contributed by atoms with Crippen LogP contribution in [0.3, 0.4) is 0 Å². The van der Waals surface area contributed by atoms with Crippen molar-refractivity contribution >= 4 is 22.4 Å². The van der Waals surface area contributed by atoms with Gasteiger partial charge in [-0.15, -0.1) is 10.2 Å². The summed E-state index contributed by atoms with van der Waals surface area (Å²) in [7, 11) is 0. The molecular weight excluding hydrogens is 302 g/mol. The van der Waals surface area contributed by atoms with Crippen molar-refractivity contribution in [3.05, 3.63) is 77.9 Å². The van der Waals surface area contributed by atoms with Gasteiger partial charge in [0.15, 0.2) is 0 Å². The van der Waals surface area contributed by atoms with Crippen molar-refractivity contribution in [1.82, 2.24) is 0 Å². The predicted octanol–water partition coefficient (Wildman–Crippen LogP) is 4.92. The molecule has 24 heavy (non-hydrogen) atoms. The van der Waals surface area contributed by atoms with Gasteiger partial charge in [-0.05, 0) is 45.5 Å². The van der Waals surface area contributed by atoms with Crippen LogP contribution in [0.4, 0.5) is 5.69 Å². The Morgan fingerprint density at radius 1 is 0.833 bits per heavy atom. The Labute approximate surface area is 137 Å². The maximum Gasteiger partial charge on any atom is 0.255 e. The number of carbonyl (C=O) groups is 1. The van der Waals surface area contributed by atoms with Crippen molar-refractivity contribution in [2.75, 3.05) is 5.32 Å². The fourth-order valence-corrected chi connectivity index (χ4v) is 2.61. The van der Waals surface area contributed by atoms with Gasteiger partial charge in [-0.1, -0.05) is 42.5 Å². The summed E-state index contributed by atoms with van der Waals surface area (Å²) in [6, 6.07) is 21.0. The van der Waals surface area contributed by atoms with E-state index in [9.17, 15) is 4.79 Å². The van der Waals surface area contributed by atoms with Gasteiger partial charge < -0.3 is 5.32 Å². The molecule has 0 radical (unpaired) electrons. The molecule has 0 bridgehead atoms. The number of nitrogens with zero attached hydrogens (tertiary/aromatic N) is 4. The first-order valence-electron chi connectivity index (χ1n) is 7.50. The van der Waals surface area contributed by atoms with Crippen LogP contribution in [-0.4, -0.2) is 5.91 Å². The van der Waals surface area contributed by atoms with E-state index in [0.29, 0.717) is 11.3 Å². The molecule has 0 atom stereocenters. The largest absolute Gasteiger partial charge is 0.322 e. The molecule has 0 saturated heterocycles. The van der Waals surface area contributed by atoms with Crippen LogP contribution in [-0.2, 0) is 0 Å². The number of rotatable bonds is 3. The summed E-state index contributed by atoms with van der Waals surface area (Å²) >= 11 is 0. The first-order valence-corrected chi connectivity index (χ1v) is 7.50. The van der Waals surface area contributed by atoms with E-state index in [2.05, 4.69) is 26.0 Å². The zero-order valence-electron chi connectivity index (χ0n) is 12.6. The van der Waals surface area contributed by atoms with Crippen LogP contribution in [0.15, 0.2) is 87.4 Å². The highest BCUT2D eigenvalue weighted by molar-refractivity contribution is 6.06. The lowest BCUT2D eigenvalue weighted by atomic mass is 10.1. The van der Waals surface area contributed by atoms with Crippen molar-refractivity contribution in [2.24, 2.45) is 20.7 Å². The normalized spacial score (nSPS) is 13.5. The molecule has 1 amide bonds. The molecule has 6 heteroatoms. The minimum Gasteiger partial charge on any atom is -0.322 e. The average Bonchev–Trinajstić information content (AvgIpc) is 3.16. The molecule has 0 spiro atoms. The Bertz CT molecular complexity index is 968. The Morgan fingerprint density at radius 3 is 2.46 bits per heavy atom. The van der Waals surface area contributed by atoms with E-state index in [-0.39, 0.29) is 5.91 Å². The molecule has 1 N–H and O–H groups in total. The second-order valence-corrected chi connectivity index (χ2v) is 5.43. The molecule has 1 aliphatic heterocycles. The van der Waals surface area contributed by atoms with Crippen molar-refractivity contribution in [1.29, 1.82) is 0 Å². The number of carbonyl (C=O) groups excluding carboxylic acids is 1. The summed E-state index contributed by atoms with van der Waals surface area (Å²) in [5, 5.41) is 19.8. The minimum absolute atomic E-state index is 0.160. The molecular formula is C18H13N5O. The highest BCUT2D eigenvalue weighted by Gasteiger charge is 2.14. The van der Waals surface area contributed by atoms with Gasteiger partial charge in [0, 0.05) is 16.8 Å². The number of hydrogen-bond donors (Lipinski definition) is 1. The molecule has 6 nitrogen and oxygen atoms in total. The Balaban J connectivity index is 1.57. The number of nitrogens with one attached hydrogen (secondary N) is 1. The number of fused-ring (bicyclic) bond motifs is 1. The molecule has 0 aliphatic carbocycles. The van der Waals surface area contributed by atoms with Gasteiger partial charge in [0.2, 0.25) is 6.17 Å². The third kappa shape index (κ3) is 2.77. The highest BCUT2D eigenvalue weighted by atomic mass is 16.1. The van der Waals surface area contributed by atoms with Crippen LogP contribution in [0, 0.1) is 0 Å². The summed E-state index contributed by atoms with van der Waals surface area (Å²) < 4.78 is 0. The number of amides is 1. The van der Waals surface area contributed by atoms with Gasteiger partial charge in [-0.2, -0.15) is 0 Å². The number of benzene rings is 3. The van der Waals surface area contributed by atoms with Crippen molar-refractivity contribution in [2.45, 2.75) is 6.17 Å². The van der Waals surface area contributed by atoms with E-state index >= 15 is 0 Å². The molecule has 116 valence electrons. The topological polar surface area (TPSA) is 78.5 Å². The van der Waals surface area contributed by atoms with E-state index in [1.807, 2.05) is 66.7 Å². The zero-order valence-corrected chi connectivity index (χ0v) is 12.6. The van der Waals surface area contributed by atoms with Crippen LogP contribution in [0.25, 0.3) is 10.8 Å². The molecule has 0 saturated carbocycles. The number of hydrogen-bond acceptors (Lipinski definition) is 5. The van der Waals surface area contributed by atoms with E-state index < -0.39 is 6.17 Å². The smallest absolute Gasteiger partial charge is 0.255 e. The van der Waals surface area contributed by atoms with Crippen LogP contribution in [0.1, 0.15) is 22.1 Å². The van der Waals surface area contributed by atoms with Crippen LogP contribution < -0.4 is 5.32 Å². The van der Waals surface area contributed by atoms with Gasteiger partial charge in [0.1, 0.15) is 0 Å². The average molecular weight is 315 g/mol. The molecule has 0 aromatic heterocycles. The van der Waals surface area contributed by atoms with Crippen molar-refractivity contribution in [3.8, 4) is 0 Å². The van der Waals surface area contributed by atoms with E-state index in [1.165, 1.54) is 0 Å². The molecule has 4 rings (SSSR count). The second-order valence-electron chi connectivity index (χ2n) is 5.43. The first kappa shape index (κ1) is 14.2. The molecule has 0 fully saturated rings. The SMILES string of the molecule is O=C(Nc1cccc(C2N=NN=N2)c1)c1ccc2ccccc2c1. The quantitative estimate of drug-likeness (QED) is 0.731. The van der Waals surface area contributed by atoms with Crippen LogP contribution >= 0.6 is 0 Å². The van der Waals surface area contributed by atoms with Crippen molar-refractivity contribution in [3.63, 3.8) is 0 Å². The van der Waals surface area contributed by atoms with E-state index in [4.69, 9.17) is 0 Å². The molecule has 0 unspecified atom stereocenters. The standard InChI is InChI=1S/C18H13N5O/c24-18(15-9-8-12-4-1-2-5-13(12)10-15)19-16-7-3-6-14(11-16)17-20-22-23-21-17/h1-11,17H,(H,19,24). The first-order chi connectivity index (χ1) is 11.8.